The van der Waals surface area contributed by atoms with Crippen molar-refractivity contribution in [2.75, 3.05) is 19.6 Å². The lowest BCUT2D eigenvalue weighted by atomic mass is 9.91. The van der Waals surface area contributed by atoms with Crippen LogP contribution in [0.15, 0.2) is 0 Å². The molecule has 2 N–H and O–H groups in total. The van der Waals surface area contributed by atoms with Crippen LogP contribution in [-0.4, -0.2) is 47.2 Å². The van der Waals surface area contributed by atoms with Crippen molar-refractivity contribution in [3.63, 3.8) is 0 Å². The molecule has 0 bridgehead atoms. The van der Waals surface area contributed by atoms with E-state index < -0.39 is 11.5 Å². The van der Waals surface area contributed by atoms with E-state index in [4.69, 9.17) is 0 Å². The predicted molar refractivity (Wildman–Crippen MR) is 85.4 cm³/mol. The zero-order valence-corrected chi connectivity index (χ0v) is 13.9. The second-order valence-electron chi connectivity index (χ2n) is 7.33. The summed E-state index contributed by atoms with van der Waals surface area (Å²) in [4.78, 5) is 14.4. The summed E-state index contributed by atoms with van der Waals surface area (Å²) in [6.07, 6.45) is 7.09. The van der Waals surface area contributed by atoms with Crippen molar-refractivity contribution in [3.05, 3.63) is 0 Å². The SMILES string of the molecule is CCC1CCCN(CC(NC(C)C)(C(=O)O)C2CC2)CC1. The molecule has 1 aliphatic heterocycles. The molecule has 2 unspecified atom stereocenters. The van der Waals surface area contributed by atoms with Crippen LogP contribution >= 0.6 is 0 Å². The number of carboxylic acid groups (broad SMARTS) is 1. The van der Waals surface area contributed by atoms with Gasteiger partial charge in [0.05, 0.1) is 0 Å². The molecule has 0 spiro atoms. The van der Waals surface area contributed by atoms with Gasteiger partial charge in [0.2, 0.25) is 0 Å². The van der Waals surface area contributed by atoms with Crippen molar-refractivity contribution >= 4 is 5.97 Å². The van der Waals surface area contributed by atoms with Gasteiger partial charge in [-0.25, -0.2) is 0 Å². The van der Waals surface area contributed by atoms with Gasteiger partial charge in [0.15, 0.2) is 0 Å². The van der Waals surface area contributed by atoms with Crippen molar-refractivity contribution in [1.82, 2.24) is 10.2 Å². The normalized spacial score (nSPS) is 27.3. The molecule has 0 radical (unpaired) electrons. The van der Waals surface area contributed by atoms with Gasteiger partial charge in [-0.05, 0) is 70.9 Å². The van der Waals surface area contributed by atoms with E-state index in [-0.39, 0.29) is 6.04 Å². The zero-order chi connectivity index (χ0) is 15.5. The largest absolute Gasteiger partial charge is 0.480 e. The van der Waals surface area contributed by atoms with Crippen LogP contribution < -0.4 is 5.32 Å². The fraction of sp³-hybridized carbons (Fsp3) is 0.941. The third-order valence-electron chi connectivity index (χ3n) is 5.19. The summed E-state index contributed by atoms with van der Waals surface area (Å²) in [6, 6.07) is 0.206. The molecule has 1 aliphatic carbocycles. The van der Waals surface area contributed by atoms with E-state index in [0.29, 0.717) is 12.5 Å². The molecule has 4 nitrogen and oxygen atoms in total. The zero-order valence-electron chi connectivity index (χ0n) is 13.9. The first-order valence-corrected chi connectivity index (χ1v) is 8.71. The van der Waals surface area contributed by atoms with Gasteiger partial charge in [0.1, 0.15) is 5.54 Å². The molecule has 21 heavy (non-hydrogen) atoms. The van der Waals surface area contributed by atoms with Crippen LogP contribution in [0.5, 0.6) is 0 Å². The van der Waals surface area contributed by atoms with Crippen LogP contribution in [-0.2, 0) is 4.79 Å². The first-order valence-electron chi connectivity index (χ1n) is 8.71. The predicted octanol–water partition coefficient (Wildman–Crippen LogP) is 2.73. The number of carbonyl (C=O) groups is 1. The minimum absolute atomic E-state index is 0.206. The Hall–Kier alpha value is -0.610. The fourth-order valence-electron chi connectivity index (χ4n) is 3.83. The van der Waals surface area contributed by atoms with Crippen molar-refractivity contribution in [2.24, 2.45) is 11.8 Å². The first-order chi connectivity index (χ1) is 9.98. The monoisotopic (exact) mass is 296 g/mol. The fourth-order valence-corrected chi connectivity index (χ4v) is 3.83. The van der Waals surface area contributed by atoms with Gasteiger partial charge in [-0.1, -0.05) is 13.3 Å². The highest BCUT2D eigenvalue weighted by Gasteiger charge is 2.52. The highest BCUT2D eigenvalue weighted by Crippen LogP contribution is 2.41. The summed E-state index contributed by atoms with van der Waals surface area (Å²) in [6.45, 7) is 9.15. The maximum Gasteiger partial charge on any atom is 0.325 e. The lowest BCUT2D eigenvalue weighted by Crippen LogP contribution is -2.62. The van der Waals surface area contributed by atoms with Crippen molar-refractivity contribution < 1.29 is 9.90 Å². The minimum atomic E-state index is -0.736. The van der Waals surface area contributed by atoms with E-state index in [1.54, 1.807) is 0 Å². The van der Waals surface area contributed by atoms with Gasteiger partial charge >= 0.3 is 5.97 Å². The van der Waals surface area contributed by atoms with Gasteiger partial charge in [-0.2, -0.15) is 0 Å². The molecule has 122 valence electrons. The van der Waals surface area contributed by atoms with Crippen LogP contribution in [0.25, 0.3) is 0 Å². The summed E-state index contributed by atoms with van der Waals surface area (Å²) in [7, 11) is 0. The molecule has 0 aromatic heterocycles. The maximum atomic E-state index is 12.0. The lowest BCUT2D eigenvalue weighted by molar-refractivity contribution is -0.147. The highest BCUT2D eigenvalue weighted by molar-refractivity contribution is 5.80. The number of hydrogen-bond donors (Lipinski definition) is 2. The van der Waals surface area contributed by atoms with Crippen LogP contribution in [0.2, 0.25) is 0 Å². The molecule has 1 saturated carbocycles. The van der Waals surface area contributed by atoms with E-state index in [1.165, 1.54) is 25.7 Å². The summed E-state index contributed by atoms with van der Waals surface area (Å²) >= 11 is 0. The Morgan fingerprint density at radius 3 is 2.52 bits per heavy atom. The van der Waals surface area contributed by atoms with Gasteiger partial charge in [-0.15, -0.1) is 0 Å². The molecule has 0 aromatic carbocycles. The van der Waals surface area contributed by atoms with Crippen molar-refractivity contribution in [2.45, 2.75) is 70.9 Å². The molecular formula is C17H32N2O2. The van der Waals surface area contributed by atoms with E-state index in [0.717, 1.165) is 31.8 Å². The number of aliphatic carboxylic acids is 1. The van der Waals surface area contributed by atoms with Gasteiger partial charge in [-0.3, -0.25) is 10.1 Å². The number of hydrogen-bond acceptors (Lipinski definition) is 3. The molecule has 1 saturated heterocycles. The highest BCUT2D eigenvalue weighted by atomic mass is 16.4. The van der Waals surface area contributed by atoms with Gasteiger partial charge in [0.25, 0.3) is 0 Å². The molecular weight excluding hydrogens is 264 g/mol. The second kappa shape index (κ2) is 7.10. The molecule has 4 heteroatoms. The Balaban J connectivity index is 2.05. The molecule has 0 aromatic rings. The second-order valence-corrected chi connectivity index (χ2v) is 7.33. The van der Waals surface area contributed by atoms with Crippen LogP contribution in [0.3, 0.4) is 0 Å². The third kappa shape index (κ3) is 4.19. The smallest absolute Gasteiger partial charge is 0.325 e. The van der Waals surface area contributed by atoms with Crippen LogP contribution in [0, 0.1) is 11.8 Å². The van der Waals surface area contributed by atoms with E-state index in [1.807, 2.05) is 0 Å². The van der Waals surface area contributed by atoms with Crippen LogP contribution in [0.1, 0.15) is 59.3 Å². The summed E-state index contributed by atoms with van der Waals surface area (Å²) in [5.74, 6) is 0.478. The van der Waals surface area contributed by atoms with Crippen molar-refractivity contribution in [1.29, 1.82) is 0 Å². The molecule has 2 fully saturated rings. The van der Waals surface area contributed by atoms with Crippen LogP contribution in [0.4, 0.5) is 0 Å². The van der Waals surface area contributed by atoms with Crippen molar-refractivity contribution in [3.8, 4) is 0 Å². The molecule has 2 aliphatic rings. The molecule has 2 rings (SSSR count). The van der Waals surface area contributed by atoms with Gasteiger partial charge in [0, 0.05) is 12.6 Å². The molecule has 2 atom stereocenters. The Morgan fingerprint density at radius 2 is 2.00 bits per heavy atom. The molecule has 1 heterocycles. The Bertz CT molecular complexity index is 355. The Labute approximate surface area is 129 Å². The van der Waals surface area contributed by atoms with E-state index in [2.05, 4.69) is 31.0 Å². The number of nitrogens with one attached hydrogen (secondary N) is 1. The number of nitrogens with zero attached hydrogens (tertiary/aromatic N) is 1. The number of likely N-dealkylation sites (tertiary alicyclic amines) is 1. The number of carboxylic acids is 1. The topological polar surface area (TPSA) is 52.6 Å². The van der Waals surface area contributed by atoms with E-state index >= 15 is 0 Å². The Kier molecular flexibility index (Phi) is 5.67. The van der Waals surface area contributed by atoms with Gasteiger partial charge < -0.3 is 10.0 Å². The minimum Gasteiger partial charge on any atom is -0.480 e. The Morgan fingerprint density at radius 1 is 1.29 bits per heavy atom. The lowest BCUT2D eigenvalue weighted by Gasteiger charge is -2.37. The third-order valence-corrected chi connectivity index (χ3v) is 5.19. The number of rotatable bonds is 7. The first kappa shape index (κ1) is 16.8. The average molecular weight is 296 g/mol. The molecule has 0 amide bonds. The maximum absolute atomic E-state index is 12.0. The quantitative estimate of drug-likeness (QED) is 0.758. The average Bonchev–Trinajstić information content (AvgIpc) is 3.24. The van der Waals surface area contributed by atoms with E-state index in [9.17, 15) is 9.90 Å². The summed E-state index contributed by atoms with van der Waals surface area (Å²) in [5, 5.41) is 13.3. The standard InChI is InChI=1S/C17H32N2O2/c1-4-14-6-5-10-19(11-9-14)12-17(16(20)21,15-7-8-15)18-13(2)3/h13-15,18H,4-12H2,1-3H3,(H,20,21). The summed E-state index contributed by atoms with van der Waals surface area (Å²) in [5.41, 5.74) is -0.736. The summed E-state index contributed by atoms with van der Waals surface area (Å²) < 4.78 is 0.